The lowest BCUT2D eigenvalue weighted by Crippen LogP contribution is -2.37. The van der Waals surface area contributed by atoms with E-state index < -0.39 is 12.1 Å². The van der Waals surface area contributed by atoms with Gasteiger partial charge in [-0.1, -0.05) is 55.5 Å². The molecule has 154 valence electrons. The molecular formula is C25H26N2O3. The molecule has 0 spiro atoms. The number of nitrogens with zero attached hydrogens (tertiary/aromatic N) is 1. The van der Waals surface area contributed by atoms with Gasteiger partial charge in [0.15, 0.2) is 6.10 Å². The van der Waals surface area contributed by atoms with E-state index in [0.29, 0.717) is 12.1 Å². The molecule has 2 atom stereocenters. The topological polar surface area (TPSA) is 68.3 Å². The first-order valence-electron chi connectivity index (χ1n) is 10.5. The summed E-state index contributed by atoms with van der Waals surface area (Å²) in [6.45, 7) is 4.15. The number of ether oxygens (including phenoxy) is 1. The molecule has 0 unspecified atom stereocenters. The summed E-state index contributed by atoms with van der Waals surface area (Å²) in [5.41, 5.74) is 4.43. The number of amides is 1. The summed E-state index contributed by atoms with van der Waals surface area (Å²) in [4.78, 5) is 30.3. The van der Waals surface area contributed by atoms with Crippen LogP contribution in [0.4, 0.5) is 0 Å². The Labute approximate surface area is 176 Å². The Bertz CT molecular complexity index is 1080. The lowest BCUT2D eigenvalue weighted by atomic mass is 10.0. The summed E-state index contributed by atoms with van der Waals surface area (Å²) in [5, 5.41) is 3.68. The maximum atomic E-state index is 13.1. The predicted octanol–water partition coefficient (Wildman–Crippen LogP) is 4.19. The van der Waals surface area contributed by atoms with Gasteiger partial charge in [-0.2, -0.15) is 0 Å². The zero-order chi connectivity index (χ0) is 21.1. The summed E-state index contributed by atoms with van der Waals surface area (Å²) in [6, 6.07) is 17.6. The van der Waals surface area contributed by atoms with E-state index in [1.54, 1.807) is 6.92 Å². The second kappa shape index (κ2) is 8.66. The van der Waals surface area contributed by atoms with Gasteiger partial charge in [-0.05, 0) is 49.3 Å². The van der Waals surface area contributed by atoms with Gasteiger partial charge in [0, 0.05) is 17.6 Å². The smallest absolute Gasteiger partial charge is 0.339 e. The fourth-order valence-corrected chi connectivity index (χ4v) is 4.01. The van der Waals surface area contributed by atoms with Crippen LogP contribution in [0.5, 0.6) is 0 Å². The first-order valence-corrected chi connectivity index (χ1v) is 10.5. The Morgan fingerprint density at radius 2 is 1.77 bits per heavy atom. The number of nitrogens with one attached hydrogen (secondary N) is 1. The highest BCUT2D eigenvalue weighted by atomic mass is 16.5. The van der Waals surface area contributed by atoms with Crippen LogP contribution in [0.2, 0.25) is 0 Å². The Kier molecular flexibility index (Phi) is 5.79. The number of para-hydroxylation sites is 1. The molecule has 0 fully saturated rings. The van der Waals surface area contributed by atoms with Crippen LogP contribution in [0.3, 0.4) is 0 Å². The van der Waals surface area contributed by atoms with Crippen molar-refractivity contribution in [2.24, 2.45) is 0 Å². The molecule has 0 aliphatic heterocycles. The minimum atomic E-state index is -0.871. The Balaban J connectivity index is 1.46. The molecule has 5 heteroatoms. The van der Waals surface area contributed by atoms with Crippen LogP contribution < -0.4 is 5.32 Å². The third-order valence-electron chi connectivity index (χ3n) is 5.73. The van der Waals surface area contributed by atoms with E-state index in [2.05, 4.69) is 12.2 Å². The Hall–Kier alpha value is -3.21. The van der Waals surface area contributed by atoms with E-state index in [1.165, 1.54) is 0 Å². The predicted molar refractivity (Wildman–Crippen MR) is 117 cm³/mol. The standard InChI is InChI=1S/C25H26N2O3/c1-16(18-9-4-3-5-10-18)15-26-24(28)17(2)30-25(29)23-19-11-6-7-13-21(19)27-22-14-8-12-20(22)23/h3-7,9-11,13,16-17H,8,12,14-15H2,1-2H3,(H,26,28)/t16-,17-/m0/s1. The molecule has 0 radical (unpaired) electrons. The number of aryl methyl sites for hydroxylation is 1. The van der Waals surface area contributed by atoms with Crippen molar-refractivity contribution in [3.8, 4) is 0 Å². The quantitative estimate of drug-likeness (QED) is 0.628. The van der Waals surface area contributed by atoms with Gasteiger partial charge in [-0.25, -0.2) is 4.79 Å². The number of hydrogen-bond acceptors (Lipinski definition) is 4. The second-order valence-electron chi connectivity index (χ2n) is 7.89. The molecule has 0 saturated heterocycles. The molecule has 30 heavy (non-hydrogen) atoms. The van der Waals surface area contributed by atoms with Crippen LogP contribution >= 0.6 is 0 Å². The Morgan fingerprint density at radius 1 is 1.03 bits per heavy atom. The zero-order valence-corrected chi connectivity index (χ0v) is 17.4. The number of rotatable bonds is 6. The minimum Gasteiger partial charge on any atom is -0.449 e. The number of benzene rings is 2. The van der Waals surface area contributed by atoms with Crippen LogP contribution in [0.25, 0.3) is 10.9 Å². The van der Waals surface area contributed by atoms with Crippen molar-refractivity contribution in [3.63, 3.8) is 0 Å². The molecule has 1 heterocycles. The summed E-state index contributed by atoms with van der Waals surface area (Å²) in [5.74, 6) is -0.572. The Morgan fingerprint density at radius 3 is 2.57 bits per heavy atom. The number of esters is 1. The fourth-order valence-electron chi connectivity index (χ4n) is 4.01. The highest BCUT2D eigenvalue weighted by molar-refractivity contribution is 6.05. The van der Waals surface area contributed by atoms with E-state index in [9.17, 15) is 9.59 Å². The summed E-state index contributed by atoms with van der Waals surface area (Å²) in [6.07, 6.45) is 1.79. The van der Waals surface area contributed by atoms with Crippen molar-refractivity contribution in [2.45, 2.75) is 45.1 Å². The van der Waals surface area contributed by atoms with Crippen molar-refractivity contribution in [1.82, 2.24) is 10.3 Å². The highest BCUT2D eigenvalue weighted by Gasteiger charge is 2.27. The number of hydrogen-bond donors (Lipinski definition) is 1. The van der Waals surface area contributed by atoms with Crippen molar-refractivity contribution in [2.75, 3.05) is 6.54 Å². The molecular weight excluding hydrogens is 376 g/mol. The van der Waals surface area contributed by atoms with Crippen LogP contribution in [0.1, 0.15) is 53.4 Å². The van der Waals surface area contributed by atoms with Crippen LogP contribution in [0.15, 0.2) is 54.6 Å². The number of carbonyl (C=O) groups excluding carboxylic acids is 2. The summed E-state index contributed by atoms with van der Waals surface area (Å²) in [7, 11) is 0. The molecule has 1 N–H and O–H groups in total. The van der Waals surface area contributed by atoms with Crippen molar-refractivity contribution in [1.29, 1.82) is 0 Å². The normalized spacial score (nSPS) is 14.7. The lowest BCUT2D eigenvalue weighted by Gasteiger charge is -2.18. The molecule has 3 aromatic rings. The number of fused-ring (bicyclic) bond motifs is 2. The van der Waals surface area contributed by atoms with E-state index in [1.807, 2.05) is 54.6 Å². The largest absolute Gasteiger partial charge is 0.449 e. The van der Waals surface area contributed by atoms with E-state index >= 15 is 0 Å². The van der Waals surface area contributed by atoms with Crippen molar-refractivity contribution in [3.05, 3.63) is 77.0 Å². The average molecular weight is 402 g/mol. The monoisotopic (exact) mass is 402 g/mol. The number of aromatic nitrogens is 1. The number of pyridine rings is 1. The highest BCUT2D eigenvalue weighted by Crippen LogP contribution is 2.30. The van der Waals surface area contributed by atoms with Gasteiger partial charge in [-0.15, -0.1) is 0 Å². The first-order chi connectivity index (χ1) is 14.5. The molecule has 5 nitrogen and oxygen atoms in total. The number of carbonyl (C=O) groups is 2. The van der Waals surface area contributed by atoms with Gasteiger partial charge in [0.1, 0.15) is 0 Å². The average Bonchev–Trinajstić information content (AvgIpc) is 3.23. The van der Waals surface area contributed by atoms with E-state index in [0.717, 1.165) is 47.0 Å². The van der Waals surface area contributed by atoms with Crippen LogP contribution in [0, 0.1) is 0 Å². The minimum absolute atomic E-state index is 0.172. The third-order valence-corrected chi connectivity index (χ3v) is 5.73. The second-order valence-corrected chi connectivity index (χ2v) is 7.89. The maximum absolute atomic E-state index is 13.1. The maximum Gasteiger partial charge on any atom is 0.339 e. The summed E-state index contributed by atoms with van der Waals surface area (Å²) >= 11 is 0. The van der Waals surface area contributed by atoms with Gasteiger partial charge in [0.25, 0.3) is 5.91 Å². The SMILES string of the molecule is C[C@H](OC(=O)c1c2c(nc3ccccc13)CCC2)C(=O)NC[C@H](C)c1ccccc1. The lowest BCUT2D eigenvalue weighted by molar-refractivity contribution is -0.129. The van der Waals surface area contributed by atoms with Crippen molar-refractivity contribution >= 4 is 22.8 Å². The molecule has 1 aliphatic rings. The fraction of sp³-hybridized carbons (Fsp3) is 0.320. The molecule has 0 bridgehead atoms. The molecule has 0 saturated carbocycles. The third kappa shape index (κ3) is 4.06. The first kappa shape index (κ1) is 20.1. The van der Waals surface area contributed by atoms with E-state index in [4.69, 9.17) is 9.72 Å². The van der Waals surface area contributed by atoms with E-state index in [-0.39, 0.29) is 11.8 Å². The van der Waals surface area contributed by atoms with Gasteiger partial charge in [0.2, 0.25) is 0 Å². The van der Waals surface area contributed by atoms with Gasteiger partial charge < -0.3 is 10.1 Å². The summed E-state index contributed by atoms with van der Waals surface area (Å²) < 4.78 is 5.59. The van der Waals surface area contributed by atoms with Gasteiger partial charge >= 0.3 is 5.97 Å². The zero-order valence-electron chi connectivity index (χ0n) is 17.4. The van der Waals surface area contributed by atoms with Gasteiger partial charge in [0.05, 0.1) is 11.1 Å². The molecule has 1 aliphatic carbocycles. The van der Waals surface area contributed by atoms with Crippen LogP contribution in [-0.2, 0) is 22.4 Å². The molecule has 1 amide bonds. The van der Waals surface area contributed by atoms with Crippen molar-refractivity contribution < 1.29 is 14.3 Å². The molecule has 1 aromatic heterocycles. The molecule has 2 aromatic carbocycles. The van der Waals surface area contributed by atoms with Gasteiger partial charge in [-0.3, -0.25) is 9.78 Å². The van der Waals surface area contributed by atoms with Crippen LogP contribution in [-0.4, -0.2) is 29.5 Å². The molecule has 4 rings (SSSR count).